The zero-order valence-electron chi connectivity index (χ0n) is 8.95. The summed E-state index contributed by atoms with van der Waals surface area (Å²) in [5.74, 6) is -2.05. The molecule has 0 aliphatic heterocycles. The Balaban J connectivity index is 2.18. The van der Waals surface area contributed by atoms with Crippen LogP contribution in [0.2, 0.25) is 5.15 Å². The number of nitrogens with one attached hydrogen (secondary N) is 1. The van der Waals surface area contributed by atoms with E-state index in [2.05, 4.69) is 10.3 Å². The fraction of sp³-hybridized carbons (Fsp3) is 0. The maximum absolute atomic E-state index is 12.9. The number of hydrogen-bond acceptors (Lipinski definition) is 2. The number of nitrogens with zero attached hydrogens (tertiary/aromatic N) is 1. The molecular weight excluding hydrogens is 262 g/mol. The molecule has 0 spiro atoms. The Labute approximate surface area is 106 Å². The van der Waals surface area contributed by atoms with Crippen molar-refractivity contribution in [2.24, 2.45) is 0 Å². The van der Waals surface area contributed by atoms with Crippen molar-refractivity contribution in [1.29, 1.82) is 0 Å². The van der Waals surface area contributed by atoms with Crippen molar-refractivity contribution < 1.29 is 13.6 Å². The van der Waals surface area contributed by atoms with Crippen LogP contribution in [0.4, 0.5) is 14.5 Å². The van der Waals surface area contributed by atoms with Crippen LogP contribution in [0.3, 0.4) is 0 Å². The smallest absolute Gasteiger partial charge is 0.257 e. The highest BCUT2D eigenvalue weighted by Crippen LogP contribution is 2.14. The number of rotatable bonds is 2. The third-order valence-corrected chi connectivity index (χ3v) is 2.33. The second-order valence-corrected chi connectivity index (χ2v) is 3.87. The van der Waals surface area contributed by atoms with Crippen molar-refractivity contribution >= 4 is 23.2 Å². The van der Waals surface area contributed by atoms with Gasteiger partial charge >= 0.3 is 0 Å². The Hall–Kier alpha value is -2.01. The van der Waals surface area contributed by atoms with Gasteiger partial charge in [-0.2, -0.15) is 0 Å². The maximum Gasteiger partial charge on any atom is 0.257 e. The topological polar surface area (TPSA) is 42.0 Å². The summed E-state index contributed by atoms with van der Waals surface area (Å²) in [5, 5.41) is 2.61. The summed E-state index contributed by atoms with van der Waals surface area (Å²) in [5.41, 5.74) is 0.275. The minimum atomic E-state index is -0.764. The van der Waals surface area contributed by atoms with Crippen LogP contribution < -0.4 is 5.32 Å². The van der Waals surface area contributed by atoms with Crippen molar-refractivity contribution in [3.8, 4) is 0 Å². The summed E-state index contributed by atoms with van der Waals surface area (Å²) >= 11 is 5.58. The van der Waals surface area contributed by atoms with Crippen LogP contribution in [-0.4, -0.2) is 10.9 Å². The van der Waals surface area contributed by atoms with E-state index < -0.39 is 17.5 Å². The predicted molar refractivity (Wildman–Crippen MR) is 63.6 cm³/mol. The molecular formula is C12H7ClF2N2O. The van der Waals surface area contributed by atoms with E-state index in [1.807, 2.05) is 0 Å². The number of carbonyl (C=O) groups excluding carboxylic acids is 1. The highest BCUT2D eigenvalue weighted by atomic mass is 35.5. The highest BCUT2D eigenvalue weighted by Gasteiger charge is 2.08. The average Bonchev–Trinajstić information content (AvgIpc) is 2.28. The van der Waals surface area contributed by atoms with E-state index in [0.29, 0.717) is 0 Å². The van der Waals surface area contributed by atoms with Gasteiger partial charge in [-0.1, -0.05) is 11.6 Å². The molecule has 1 aromatic heterocycles. The van der Waals surface area contributed by atoms with Gasteiger partial charge in [-0.05, 0) is 24.3 Å². The van der Waals surface area contributed by atoms with E-state index in [4.69, 9.17) is 11.6 Å². The lowest BCUT2D eigenvalue weighted by atomic mass is 10.2. The highest BCUT2D eigenvalue weighted by molar-refractivity contribution is 6.29. The Kier molecular flexibility index (Phi) is 3.53. The summed E-state index contributed by atoms with van der Waals surface area (Å²) in [6.07, 6.45) is 1.27. The quantitative estimate of drug-likeness (QED) is 0.850. The van der Waals surface area contributed by atoms with Gasteiger partial charge in [-0.25, -0.2) is 13.8 Å². The van der Waals surface area contributed by atoms with Crippen molar-refractivity contribution in [3.05, 3.63) is 58.9 Å². The van der Waals surface area contributed by atoms with Gasteiger partial charge in [-0.3, -0.25) is 4.79 Å². The lowest BCUT2D eigenvalue weighted by Gasteiger charge is -2.05. The Bertz CT molecular complexity index is 567. The average molecular weight is 269 g/mol. The number of pyridine rings is 1. The first-order valence-electron chi connectivity index (χ1n) is 4.93. The largest absolute Gasteiger partial charge is 0.322 e. The molecule has 2 aromatic rings. The second kappa shape index (κ2) is 5.10. The molecule has 1 N–H and O–H groups in total. The van der Waals surface area contributed by atoms with Gasteiger partial charge in [0.25, 0.3) is 5.91 Å². The number of anilines is 1. The lowest BCUT2D eigenvalue weighted by molar-refractivity contribution is 0.102. The Morgan fingerprint density at radius 1 is 1.17 bits per heavy atom. The van der Waals surface area contributed by atoms with Crippen LogP contribution in [0.1, 0.15) is 10.4 Å². The van der Waals surface area contributed by atoms with Gasteiger partial charge < -0.3 is 5.32 Å². The summed E-state index contributed by atoms with van der Waals surface area (Å²) in [7, 11) is 0. The van der Waals surface area contributed by atoms with Crippen molar-refractivity contribution in [3.63, 3.8) is 0 Å². The van der Waals surface area contributed by atoms with E-state index in [9.17, 15) is 13.6 Å². The molecule has 0 aliphatic rings. The van der Waals surface area contributed by atoms with Crippen LogP contribution >= 0.6 is 11.6 Å². The van der Waals surface area contributed by atoms with Crippen LogP contribution in [0.15, 0.2) is 36.5 Å². The van der Waals surface area contributed by atoms with Gasteiger partial charge in [-0.15, -0.1) is 0 Å². The van der Waals surface area contributed by atoms with E-state index in [-0.39, 0.29) is 16.4 Å². The van der Waals surface area contributed by atoms with Crippen molar-refractivity contribution in [1.82, 2.24) is 4.98 Å². The fourth-order valence-corrected chi connectivity index (χ4v) is 1.45. The van der Waals surface area contributed by atoms with Gasteiger partial charge in [0, 0.05) is 18.0 Å². The van der Waals surface area contributed by atoms with E-state index >= 15 is 0 Å². The number of benzene rings is 1. The number of aromatic nitrogens is 1. The van der Waals surface area contributed by atoms with Crippen LogP contribution in [0.25, 0.3) is 0 Å². The van der Waals surface area contributed by atoms with Crippen molar-refractivity contribution in [2.45, 2.75) is 0 Å². The van der Waals surface area contributed by atoms with Crippen LogP contribution in [0.5, 0.6) is 0 Å². The molecule has 0 saturated heterocycles. The standard InChI is InChI=1S/C12H7ClF2N2O/c13-11-2-1-7(6-16-11)12(18)17-10-4-8(14)3-9(15)5-10/h1-6H,(H,17,18). The number of hydrogen-bond donors (Lipinski definition) is 1. The second-order valence-electron chi connectivity index (χ2n) is 3.48. The first kappa shape index (κ1) is 12.4. The SMILES string of the molecule is O=C(Nc1cc(F)cc(F)c1)c1ccc(Cl)nc1. The van der Waals surface area contributed by atoms with Crippen LogP contribution in [-0.2, 0) is 0 Å². The fourth-order valence-electron chi connectivity index (χ4n) is 1.34. The summed E-state index contributed by atoms with van der Waals surface area (Å²) in [6, 6.07) is 5.66. The van der Waals surface area contributed by atoms with Gasteiger partial charge in [0.05, 0.1) is 5.56 Å². The molecule has 6 heteroatoms. The molecule has 0 unspecified atom stereocenters. The maximum atomic E-state index is 12.9. The Morgan fingerprint density at radius 2 is 1.83 bits per heavy atom. The number of halogens is 3. The Morgan fingerprint density at radius 3 is 2.39 bits per heavy atom. The molecule has 1 heterocycles. The molecule has 0 atom stereocenters. The molecule has 0 fully saturated rings. The lowest BCUT2D eigenvalue weighted by Crippen LogP contribution is -2.12. The van der Waals surface area contributed by atoms with Crippen molar-refractivity contribution in [2.75, 3.05) is 5.32 Å². The number of carbonyl (C=O) groups is 1. The van der Waals surface area contributed by atoms with E-state index in [1.165, 1.54) is 18.3 Å². The normalized spacial score (nSPS) is 10.2. The molecule has 3 nitrogen and oxygen atoms in total. The third kappa shape index (κ3) is 3.01. The van der Waals surface area contributed by atoms with Crippen LogP contribution in [0, 0.1) is 11.6 Å². The van der Waals surface area contributed by atoms with Gasteiger partial charge in [0.1, 0.15) is 16.8 Å². The summed E-state index contributed by atoms with van der Waals surface area (Å²) in [4.78, 5) is 15.4. The minimum absolute atomic E-state index is 0.0347. The molecule has 18 heavy (non-hydrogen) atoms. The molecule has 2 rings (SSSR count). The zero-order chi connectivity index (χ0) is 13.1. The molecule has 0 aliphatic carbocycles. The molecule has 0 bridgehead atoms. The first-order chi connectivity index (χ1) is 8.54. The minimum Gasteiger partial charge on any atom is -0.322 e. The first-order valence-corrected chi connectivity index (χ1v) is 5.31. The molecule has 0 saturated carbocycles. The zero-order valence-corrected chi connectivity index (χ0v) is 9.71. The third-order valence-electron chi connectivity index (χ3n) is 2.11. The molecule has 1 amide bonds. The summed E-state index contributed by atoms with van der Waals surface area (Å²) < 4.78 is 25.8. The summed E-state index contributed by atoms with van der Waals surface area (Å²) in [6.45, 7) is 0. The van der Waals surface area contributed by atoms with E-state index in [1.54, 1.807) is 0 Å². The number of amides is 1. The molecule has 0 radical (unpaired) electrons. The molecule has 92 valence electrons. The predicted octanol–water partition coefficient (Wildman–Crippen LogP) is 3.27. The van der Waals surface area contributed by atoms with E-state index in [0.717, 1.165) is 18.2 Å². The monoisotopic (exact) mass is 268 g/mol. The van der Waals surface area contributed by atoms with Gasteiger partial charge in [0.2, 0.25) is 0 Å². The molecule has 1 aromatic carbocycles. The van der Waals surface area contributed by atoms with Gasteiger partial charge in [0.15, 0.2) is 0 Å².